The molecule has 1 aromatic carbocycles. The SMILES string of the molecule is COc1cc(C(=O)N2CCC(=O)C(C)C2)ccc1[N+](=O)[O-]. The van der Waals surface area contributed by atoms with Crippen molar-refractivity contribution >= 4 is 17.4 Å². The number of nitro groups is 1. The van der Waals surface area contributed by atoms with Gasteiger partial charge in [0, 0.05) is 43.1 Å². The van der Waals surface area contributed by atoms with Gasteiger partial charge in [0.15, 0.2) is 5.75 Å². The molecule has 1 saturated heterocycles. The molecule has 0 aromatic heterocycles. The van der Waals surface area contributed by atoms with Gasteiger partial charge in [0.2, 0.25) is 0 Å². The minimum atomic E-state index is -0.561. The van der Waals surface area contributed by atoms with Gasteiger partial charge in [0.1, 0.15) is 5.78 Å². The van der Waals surface area contributed by atoms with Crippen LogP contribution in [0, 0.1) is 16.0 Å². The van der Waals surface area contributed by atoms with Crippen molar-refractivity contribution in [1.29, 1.82) is 0 Å². The summed E-state index contributed by atoms with van der Waals surface area (Å²) in [7, 11) is 1.32. The summed E-state index contributed by atoms with van der Waals surface area (Å²) in [5, 5.41) is 10.8. The van der Waals surface area contributed by atoms with E-state index in [1.54, 1.807) is 11.8 Å². The predicted molar refractivity (Wildman–Crippen MR) is 74.3 cm³/mol. The molecule has 0 spiro atoms. The van der Waals surface area contributed by atoms with Crippen LogP contribution in [0.4, 0.5) is 5.69 Å². The first-order chi connectivity index (χ1) is 9.93. The van der Waals surface area contributed by atoms with E-state index in [1.807, 2.05) is 0 Å². The summed E-state index contributed by atoms with van der Waals surface area (Å²) in [4.78, 5) is 35.7. The Hall–Kier alpha value is -2.44. The topological polar surface area (TPSA) is 89.8 Å². The highest BCUT2D eigenvalue weighted by Crippen LogP contribution is 2.28. The molecule has 1 amide bonds. The monoisotopic (exact) mass is 292 g/mol. The van der Waals surface area contributed by atoms with Crippen molar-refractivity contribution in [2.24, 2.45) is 5.92 Å². The van der Waals surface area contributed by atoms with E-state index < -0.39 is 4.92 Å². The van der Waals surface area contributed by atoms with E-state index in [4.69, 9.17) is 4.74 Å². The number of methoxy groups -OCH3 is 1. The van der Waals surface area contributed by atoms with Gasteiger partial charge in [-0.2, -0.15) is 0 Å². The summed E-state index contributed by atoms with van der Waals surface area (Å²) in [6.45, 7) is 2.54. The molecule has 1 atom stereocenters. The van der Waals surface area contributed by atoms with Gasteiger partial charge < -0.3 is 9.64 Å². The highest BCUT2D eigenvalue weighted by Gasteiger charge is 2.28. The molecule has 1 heterocycles. The molecule has 1 fully saturated rings. The first-order valence-corrected chi connectivity index (χ1v) is 6.58. The number of ketones is 1. The van der Waals surface area contributed by atoms with Crippen molar-refractivity contribution in [3.05, 3.63) is 33.9 Å². The standard InChI is InChI=1S/C14H16N2O5/c1-9-8-15(6-5-12(9)17)14(18)10-3-4-11(16(19)20)13(7-10)21-2/h3-4,7,9H,5-6,8H2,1-2H3. The zero-order valence-electron chi connectivity index (χ0n) is 11.9. The fraction of sp³-hybridized carbons (Fsp3) is 0.429. The number of ether oxygens (including phenoxy) is 1. The Morgan fingerprint density at radius 2 is 2.19 bits per heavy atom. The molecule has 1 aliphatic rings. The van der Waals surface area contributed by atoms with Crippen LogP contribution in [-0.4, -0.2) is 41.7 Å². The Kier molecular flexibility index (Phi) is 4.21. The third-order valence-corrected chi connectivity index (χ3v) is 3.58. The summed E-state index contributed by atoms with van der Waals surface area (Å²) < 4.78 is 4.96. The van der Waals surface area contributed by atoms with Crippen LogP contribution in [-0.2, 0) is 4.79 Å². The van der Waals surface area contributed by atoms with Crippen LogP contribution in [0.15, 0.2) is 18.2 Å². The number of benzene rings is 1. The predicted octanol–water partition coefficient (Wildman–Crippen LogP) is 1.65. The molecule has 1 unspecified atom stereocenters. The summed E-state index contributed by atoms with van der Waals surface area (Å²) in [6, 6.07) is 4.02. The fourth-order valence-corrected chi connectivity index (χ4v) is 2.34. The van der Waals surface area contributed by atoms with Gasteiger partial charge in [-0.15, -0.1) is 0 Å². The van der Waals surface area contributed by atoms with Crippen LogP contribution in [0.3, 0.4) is 0 Å². The maximum absolute atomic E-state index is 12.4. The van der Waals surface area contributed by atoms with Crippen LogP contribution >= 0.6 is 0 Å². The minimum Gasteiger partial charge on any atom is -0.490 e. The Morgan fingerprint density at radius 3 is 2.76 bits per heavy atom. The molecule has 7 nitrogen and oxygen atoms in total. The van der Waals surface area contributed by atoms with Crippen LogP contribution < -0.4 is 4.74 Å². The molecule has 2 rings (SSSR count). The van der Waals surface area contributed by atoms with E-state index in [0.717, 1.165) is 0 Å². The lowest BCUT2D eigenvalue weighted by Crippen LogP contribution is -2.43. The van der Waals surface area contributed by atoms with Crippen LogP contribution in [0.25, 0.3) is 0 Å². The fourth-order valence-electron chi connectivity index (χ4n) is 2.34. The van der Waals surface area contributed by atoms with Crippen molar-refractivity contribution in [1.82, 2.24) is 4.90 Å². The second-order valence-electron chi connectivity index (χ2n) is 5.01. The number of Topliss-reactive ketones (excluding diaryl/α,β-unsaturated/α-hetero) is 1. The molecule has 0 radical (unpaired) electrons. The molecular formula is C14H16N2O5. The van der Waals surface area contributed by atoms with E-state index in [-0.39, 0.29) is 29.0 Å². The summed E-state index contributed by atoms with van der Waals surface area (Å²) in [6.07, 6.45) is 0.344. The molecule has 1 aromatic rings. The highest BCUT2D eigenvalue weighted by molar-refractivity contribution is 5.96. The largest absolute Gasteiger partial charge is 0.490 e. The number of piperidine rings is 1. The number of carbonyl (C=O) groups excluding carboxylic acids is 2. The summed E-state index contributed by atoms with van der Waals surface area (Å²) in [5.74, 6) is -0.225. The zero-order chi connectivity index (χ0) is 15.6. The second kappa shape index (κ2) is 5.90. The first kappa shape index (κ1) is 15.0. The number of hydrogen-bond acceptors (Lipinski definition) is 5. The quantitative estimate of drug-likeness (QED) is 0.624. The molecule has 21 heavy (non-hydrogen) atoms. The van der Waals surface area contributed by atoms with Crippen LogP contribution in [0.2, 0.25) is 0 Å². The highest BCUT2D eigenvalue weighted by atomic mass is 16.6. The summed E-state index contributed by atoms with van der Waals surface area (Å²) >= 11 is 0. The molecule has 112 valence electrons. The number of nitrogens with zero attached hydrogens (tertiary/aromatic N) is 2. The Labute approximate surface area is 121 Å². The molecular weight excluding hydrogens is 276 g/mol. The average molecular weight is 292 g/mol. The maximum Gasteiger partial charge on any atom is 0.310 e. The zero-order valence-corrected chi connectivity index (χ0v) is 11.9. The van der Waals surface area contributed by atoms with E-state index in [2.05, 4.69) is 0 Å². The van der Waals surface area contributed by atoms with Crippen molar-refractivity contribution < 1.29 is 19.2 Å². The van der Waals surface area contributed by atoms with E-state index in [9.17, 15) is 19.7 Å². The number of hydrogen-bond donors (Lipinski definition) is 0. The third kappa shape index (κ3) is 3.01. The number of rotatable bonds is 3. The van der Waals surface area contributed by atoms with Crippen molar-refractivity contribution in [2.45, 2.75) is 13.3 Å². The van der Waals surface area contributed by atoms with Crippen molar-refractivity contribution in [2.75, 3.05) is 20.2 Å². The molecule has 0 aliphatic carbocycles. The average Bonchev–Trinajstić information content (AvgIpc) is 2.48. The molecule has 0 N–H and O–H groups in total. The van der Waals surface area contributed by atoms with Crippen molar-refractivity contribution in [3.63, 3.8) is 0 Å². The van der Waals surface area contributed by atoms with E-state index >= 15 is 0 Å². The van der Waals surface area contributed by atoms with Crippen LogP contribution in [0.5, 0.6) is 5.75 Å². The van der Waals surface area contributed by atoms with Gasteiger partial charge in [-0.05, 0) is 6.07 Å². The lowest BCUT2D eigenvalue weighted by Gasteiger charge is -2.30. The van der Waals surface area contributed by atoms with Gasteiger partial charge in [-0.1, -0.05) is 6.92 Å². The summed E-state index contributed by atoms with van der Waals surface area (Å²) in [5.41, 5.74) is 0.134. The molecule has 0 bridgehead atoms. The van der Waals surface area contributed by atoms with Crippen molar-refractivity contribution in [3.8, 4) is 5.75 Å². The van der Waals surface area contributed by atoms with Gasteiger partial charge in [-0.25, -0.2) is 0 Å². The van der Waals surface area contributed by atoms with E-state index in [0.29, 0.717) is 25.1 Å². The maximum atomic E-state index is 12.4. The van der Waals surface area contributed by atoms with Gasteiger partial charge >= 0.3 is 5.69 Å². The lowest BCUT2D eigenvalue weighted by molar-refractivity contribution is -0.385. The minimum absolute atomic E-state index is 0.0481. The Balaban J connectivity index is 2.23. The normalized spacial score (nSPS) is 18.5. The first-order valence-electron chi connectivity index (χ1n) is 6.58. The molecule has 7 heteroatoms. The van der Waals surface area contributed by atoms with Crippen LogP contribution in [0.1, 0.15) is 23.7 Å². The second-order valence-corrected chi connectivity index (χ2v) is 5.01. The van der Waals surface area contributed by atoms with E-state index in [1.165, 1.54) is 25.3 Å². The molecule has 0 saturated carbocycles. The Bertz CT molecular complexity index is 599. The Morgan fingerprint density at radius 1 is 1.48 bits per heavy atom. The number of carbonyl (C=O) groups is 2. The molecule has 1 aliphatic heterocycles. The van der Waals surface area contributed by atoms with Gasteiger partial charge in [0.25, 0.3) is 5.91 Å². The number of nitro benzene ring substituents is 1. The number of amides is 1. The van der Waals surface area contributed by atoms with Gasteiger partial charge in [-0.3, -0.25) is 19.7 Å². The lowest BCUT2D eigenvalue weighted by atomic mass is 9.98. The van der Waals surface area contributed by atoms with Gasteiger partial charge in [0.05, 0.1) is 12.0 Å². The number of likely N-dealkylation sites (tertiary alicyclic amines) is 1. The third-order valence-electron chi connectivity index (χ3n) is 3.58. The smallest absolute Gasteiger partial charge is 0.310 e.